The highest BCUT2D eigenvalue weighted by molar-refractivity contribution is 7.91. The van der Waals surface area contributed by atoms with Crippen LogP contribution in [0.25, 0.3) is 11.5 Å². The number of nitrogens with one attached hydrogen (secondary N) is 1. The van der Waals surface area contributed by atoms with E-state index in [-0.39, 0.29) is 28.3 Å². The molecule has 0 aliphatic carbocycles. The first kappa shape index (κ1) is 17.5. The van der Waals surface area contributed by atoms with E-state index in [9.17, 15) is 13.2 Å². The number of rotatable bonds is 5. The van der Waals surface area contributed by atoms with Crippen molar-refractivity contribution >= 4 is 15.7 Å². The molecule has 4 rings (SSSR count). The number of nitrogens with zero attached hydrogens (tertiary/aromatic N) is 2. The molecular formula is C19H19N3O4S. The van der Waals surface area contributed by atoms with E-state index < -0.39 is 9.84 Å². The van der Waals surface area contributed by atoms with Gasteiger partial charge in [-0.3, -0.25) is 9.89 Å². The highest BCUT2D eigenvalue weighted by atomic mass is 32.2. The average molecular weight is 385 g/mol. The Balaban J connectivity index is 1.52. The van der Waals surface area contributed by atoms with Gasteiger partial charge in [0.2, 0.25) is 0 Å². The molecule has 3 heterocycles. The SMILES string of the molecule is O=C(c1cc(-c2ccco2)[nH]n1)N1CCCC1CS(=O)(=O)c1ccccc1. The van der Waals surface area contributed by atoms with E-state index in [4.69, 9.17) is 4.42 Å². The number of likely N-dealkylation sites (tertiary alicyclic amines) is 1. The van der Waals surface area contributed by atoms with Gasteiger partial charge in [-0.2, -0.15) is 5.10 Å². The van der Waals surface area contributed by atoms with Gasteiger partial charge in [0.25, 0.3) is 5.91 Å². The zero-order valence-electron chi connectivity index (χ0n) is 14.5. The number of benzene rings is 1. The number of hydrogen-bond donors (Lipinski definition) is 1. The summed E-state index contributed by atoms with van der Waals surface area (Å²) in [6.45, 7) is 0.525. The molecule has 2 aromatic heterocycles. The second-order valence-corrected chi connectivity index (χ2v) is 8.57. The van der Waals surface area contributed by atoms with Crippen LogP contribution in [-0.2, 0) is 9.84 Å². The maximum absolute atomic E-state index is 12.9. The third-order valence-corrected chi connectivity index (χ3v) is 6.55. The minimum absolute atomic E-state index is 0.0851. The molecule has 1 unspecified atom stereocenters. The van der Waals surface area contributed by atoms with Crippen molar-refractivity contribution in [2.45, 2.75) is 23.8 Å². The Morgan fingerprint density at radius 3 is 2.78 bits per heavy atom. The Kier molecular flexibility index (Phi) is 4.57. The molecule has 7 nitrogen and oxygen atoms in total. The van der Waals surface area contributed by atoms with Gasteiger partial charge < -0.3 is 9.32 Å². The lowest BCUT2D eigenvalue weighted by Gasteiger charge is -2.23. The molecule has 0 saturated carbocycles. The maximum Gasteiger partial charge on any atom is 0.274 e. The molecule has 1 aromatic carbocycles. The normalized spacial score (nSPS) is 17.3. The molecule has 1 aliphatic heterocycles. The van der Waals surface area contributed by atoms with Crippen molar-refractivity contribution in [2.24, 2.45) is 0 Å². The van der Waals surface area contributed by atoms with Crippen LogP contribution in [0, 0.1) is 0 Å². The number of hydrogen-bond acceptors (Lipinski definition) is 5. The van der Waals surface area contributed by atoms with Crippen LogP contribution in [0.15, 0.2) is 64.1 Å². The van der Waals surface area contributed by atoms with Crippen molar-refractivity contribution in [3.63, 3.8) is 0 Å². The summed E-state index contributed by atoms with van der Waals surface area (Å²) >= 11 is 0. The van der Waals surface area contributed by atoms with Crippen LogP contribution in [0.3, 0.4) is 0 Å². The number of aromatic amines is 1. The summed E-state index contributed by atoms with van der Waals surface area (Å²) in [5, 5.41) is 6.87. The highest BCUT2D eigenvalue weighted by Crippen LogP contribution is 2.25. The summed E-state index contributed by atoms with van der Waals surface area (Å²) in [7, 11) is -3.46. The summed E-state index contributed by atoms with van der Waals surface area (Å²) in [6.07, 6.45) is 2.98. The molecule has 3 aromatic rings. The Morgan fingerprint density at radius 2 is 2.04 bits per heavy atom. The Morgan fingerprint density at radius 1 is 1.22 bits per heavy atom. The number of carbonyl (C=O) groups is 1. The predicted molar refractivity (Wildman–Crippen MR) is 98.8 cm³/mol. The molecule has 1 amide bonds. The second kappa shape index (κ2) is 7.03. The van der Waals surface area contributed by atoms with Crippen molar-refractivity contribution in [1.82, 2.24) is 15.1 Å². The number of carbonyl (C=O) groups excluding carboxylic acids is 1. The number of sulfone groups is 1. The zero-order valence-corrected chi connectivity index (χ0v) is 15.4. The fraction of sp³-hybridized carbons (Fsp3) is 0.263. The minimum atomic E-state index is -3.46. The van der Waals surface area contributed by atoms with Gasteiger partial charge in [0, 0.05) is 18.7 Å². The summed E-state index contributed by atoms with van der Waals surface area (Å²) in [6, 6.07) is 13.1. The fourth-order valence-electron chi connectivity index (χ4n) is 3.39. The molecule has 8 heteroatoms. The van der Waals surface area contributed by atoms with Crippen molar-refractivity contribution in [3.8, 4) is 11.5 Å². The van der Waals surface area contributed by atoms with Crippen molar-refractivity contribution in [1.29, 1.82) is 0 Å². The van der Waals surface area contributed by atoms with Crippen LogP contribution in [0.4, 0.5) is 0 Å². The topological polar surface area (TPSA) is 96.3 Å². The molecule has 0 radical (unpaired) electrons. The summed E-state index contributed by atoms with van der Waals surface area (Å²) in [5.74, 6) is 0.235. The van der Waals surface area contributed by atoms with Crippen LogP contribution >= 0.6 is 0 Å². The Hall–Kier alpha value is -2.87. The van der Waals surface area contributed by atoms with Crippen LogP contribution in [0.1, 0.15) is 23.3 Å². The van der Waals surface area contributed by atoms with Gasteiger partial charge in [0.1, 0.15) is 5.69 Å². The smallest absolute Gasteiger partial charge is 0.274 e. The number of aromatic nitrogens is 2. The molecule has 1 fully saturated rings. The first-order valence-electron chi connectivity index (χ1n) is 8.73. The lowest BCUT2D eigenvalue weighted by atomic mass is 10.2. The minimum Gasteiger partial charge on any atom is -0.463 e. The molecule has 1 atom stereocenters. The van der Waals surface area contributed by atoms with Gasteiger partial charge in [-0.1, -0.05) is 18.2 Å². The molecule has 1 saturated heterocycles. The molecule has 1 aliphatic rings. The summed E-state index contributed by atoms with van der Waals surface area (Å²) in [4.78, 5) is 14.8. The molecular weight excluding hydrogens is 366 g/mol. The third kappa shape index (κ3) is 3.52. The van der Waals surface area contributed by atoms with Crippen molar-refractivity contribution < 1.29 is 17.6 Å². The van der Waals surface area contributed by atoms with E-state index in [1.807, 2.05) is 0 Å². The van der Waals surface area contributed by atoms with Crippen molar-refractivity contribution in [2.75, 3.05) is 12.3 Å². The van der Waals surface area contributed by atoms with Gasteiger partial charge in [-0.05, 0) is 37.1 Å². The largest absolute Gasteiger partial charge is 0.463 e. The van der Waals surface area contributed by atoms with Crippen molar-refractivity contribution in [3.05, 3.63) is 60.5 Å². The number of furan rings is 1. The molecule has 27 heavy (non-hydrogen) atoms. The van der Waals surface area contributed by atoms with Crippen LogP contribution in [0.2, 0.25) is 0 Å². The zero-order chi connectivity index (χ0) is 18.9. The first-order valence-corrected chi connectivity index (χ1v) is 10.4. The Labute approximate surface area is 156 Å². The standard InChI is InChI=1S/C19H19N3O4S/c23-19(17-12-16(20-21-17)18-9-5-11-26-18)22-10-4-6-14(22)13-27(24,25)15-7-2-1-3-8-15/h1-3,5,7-9,11-12,14H,4,6,10,13H2,(H,20,21). The van der Waals surface area contributed by atoms with Crippen LogP contribution in [0.5, 0.6) is 0 Å². The molecule has 0 spiro atoms. The second-order valence-electron chi connectivity index (χ2n) is 6.53. The fourth-order valence-corrected chi connectivity index (χ4v) is 5.01. The summed E-state index contributed by atoms with van der Waals surface area (Å²) < 4.78 is 30.7. The molecule has 140 valence electrons. The quantitative estimate of drug-likeness (QED) is 0.728. The lowest BCUT2D eigenvalue weighted by Crippen LogP contribution is -2.39. The number of H-pyrrole nitrogens is 1. The highest BCUT2D eigenvalue weighted by Gasteiger charge is 2.34. The van der Waals surface area contributed by atoms with Crippen LogP contribution < -0.4 is 0 Å². The van der Waals surface area contributed by atoms with Gasteiger partial charge in [0.15, 0.2) is 21.3 Å². The average Bonchev–Trinajstić information content (AvgIpc) is 3.42. The van der Waals surface area contributed by atoms with E-state index in [2.05, 4.69) is 10.2 Å². The van der Waals surface area contributed by atoms with Gasteiger partial charge in [-0.15, -0.1) is 0 Å². The third-order valence-electron chi connectivity index (χ3n) is 4.74. The monoisotopic (exact) mass is 385 g/mol. The van der Waals surface area contributed by atoms with E-state index in [1.165, 1.54) is 0 Å². The Bertz CT molecular complexity index is 1030. The lowest BCUT2D eigenvalue weighted by molar-refractivity contribution is 0.0743. The molecule has 1 N–H and O–H groups in total. The maximum atomic E-state index is 12.9. The van der Waals surface area contributed by atoms with Gasteiger partial charge in [-0.25, -0.2) is 8.42 Å². The first-order chi connectivity index (χ1) is 13.0. The van der Waals surface area contributed by atoms with E-state index >= 15 is 0 Å². The molecule has 0 bridgehead atoms. The summed E-state index contributed by atoms with van der Waals surface area (Å²) in [5.41, 5.74) is 0.862. The number of amides is 1. The van der Waals surface area contributed by atoms with Crippen LogP contribution in [-0.4, -0.2) is 47.8 Å². The van der Waals surface area contributed by atoms with Gasteiger partial charge >= 0.3 is 0 Å². The van der Waals surface area contributed by atoms with Gasteiger partial charge in [0.05, 0.1) is 16.9 Å². The van der Waals surface area contributed by atoms with E-state index in [1.54, 1.807) is 59.7 Å². The van der Waals surface area contributed by atoms with E-state index in [0.717, 1.165) is 6.42 Å². The predicted octanol–water partition coefficient (Wildman–Crippen LogP) is 2.75. The van der Waals surface area contributed by atoms with E-state index in [0.29, 0.717) is 24.4 Å².